The highest BCUT2D eigenvalue weighted by atomic mass is 16.2. The van der Waals surface area contributed by atoms with Crippen LogP contribution < -0.4 is 10.6 Å². The van der Waals surface area contributed by atoms with E-state index in [1.54, 1.807) is 29.2 Å². The Morgan fingerprint density at radius 3 is 2.82 bits per heavy atom. The molecule has 1 aromatic rings. The molecule has 0 radical (unpaired) electrons. The summed E-state index contributed by atoms with van der Waals surface area (Å²) < 4.78 is 0. The fraction of sp³-hybridized carbons (Fsp3) is 0.333. The third kappa shape index (κ3) is 1.39. The number of hydrogen-bond donors (Lipinski definition) is 1. The van der Waals surface area contributed by atoms with Gasteiger partial charge >= 0.3 is 6.03 Å². The largest absolute Gasteiger partial charge is 0.399 e. The number of anilines is 2. The maximum absolute atomic E-state index is 12.1. The van der Waals surface area contributed by atoms with Crippen molar-refractivity contribution in [3.8, 4) is 0 Å². The Morgan fingerprint density at radius 2 is 2.12 bits per heavy atom. The number of nitrogens with two attached hydrogens (primary N) is 1. The van der Waals surface area contributed by atoms with Crippen LogP contribution in [0.4, 0.5) is 16.2 Å². The molecule has 0 unspecified atom stereocenters. The fourth-order valence-corrected chi connectivity index (χ4v) is 2.53. The summed E-state index contributed by atoms with van der Waals surface area (Å²) in [6, 6.07) is 6.38. The van der Waals surface area contributed by atoms with Crippen LogP contribution >= 0.6 is 0 Å². The van der Waals surface area contributed by atoms with Gasteiger partial charge in [-0.1, -0.05) is 6.07 Å². The Bertz CT molecular complexity index is 478. The molecule has 88 valence electrons. The minimum atomic E-state index is -0.260. The van der Waals surface area contributed by atoms with E-state index in [9.17, 15) is 9.59 Å². The third-order valence-corrected chi connectivity index (χ3v) is 3.32. The van der Waals surface area contributed by atoms with Crippen molar-refractivity contribution in [1.82, 2.24) is 4.90 Å². The number of benzene rings is 1. The number of carbonyl (C=O) groups is 2. The molecule has 3 amide bonds. The van der Waals surface area contributed by atoms with Crippen LogP contribution in [0.15, 0.2) is 24.3 Å². The number of nitrogen functional groups attached to an aromatic ring is 1. The summed E-state index contributed by atoms with van der Waals surface area (Å²) in [5, 5.41) is 0. The highest BCUT2D eigenvalue weighted by Gasteiger charge is 2.47. The summed E-state index contributed by atoms with van der Waals surface area (Å²) in [6.07, 6.45) is 1.68. The van der Waals surface area contributed by atoms with E-state index in [4.69, 9.17) is 5.73 Å². The summed E-state index contributed by atoms with van der Waals surface area (Å²) in [7, 11) is 0. The molecule has 1 atom stereocenters. The summed E-state index contributed by atoms with van der Waals surface area (Å²) in [5.74, 6) is -0.127. The zero-order valence-electron chi connectivity index (χ0n) is 9.30. The Balaban J connectivity index is 1.99. The zero-order chi connectivity index (χ0) is 12.0. The molecular formula is C12H13N3O2. The first-order valence-corrected chi connectivity index (χ1v) is 5.68. The molecule has 0 saturated carbocycles. The van der Waals surface area contributed by atoms with E-state index in [0.29, 0.717) is 17.9 Å². The van der Waals surface area contributed by atoms with Gasteiger partial charge in [-0.3, -0.25) is 4.79 Å². The number of fused-ring (bicyclic) bond motifs is 1. The predicted molar refractivity (Wildman–Crippen MR) is 63.5 cm³/mol. The van der Waals surface area contributed by atoms with Gasteiger partial charge in [0.25, 0.3) is 5.91 Å². The van der Waals surface area contributed by atoms with Gasteiger partial charge in [-0.2, -0.15) is 0 Å². The Labute approximate surface area is 98.8 Å². The molecule has 17 heavy (non-hydrogen) atoms. The lowest BCUT2D eigenvalue weighted by Gasteiger charge is -2.15. The third-order valence-electron chi connectivity index (χ3n) is 3.32. The molecule has 0 bridgehead atoms. The number of rotatable bonds is 1. The normalized spacial score (nSPS) is 23.4. The van der Waals surface area contributed by atoms with E-state index in [2.05, 4.69) is 0 Å². The van der Waals surface area contributed by atoms with Crippen LogP contribution in [0.1, 0.15) is 12.8 Å². The SMILES string of the molecule is Nc1cccc(N2C(=O)[C@H]3CCCN3C2=O)c1. The molecule has 2 saturated heterocycles. The van der Waals surface area contributed by atoms with Crippen molar-refractivity contribution < 1.29 is 9.59 Å². The predicted octanol–water partition coefficient (Wildman–Crippen LogP) is 1.20. The number of urea groups is 1. The lowest BCUT2D eigenvalue weighted by Crippen LogP contribution is -2.33. The van der Waals surface area contributed by atoms with E-state index in [1.165, 1.54) is 4.90 Å². The highest BCUT2D eigenvalue weighted by Crippen LogP contribution is 2.31. The summed E-state index contributed by atoms with van der Waals surface area (Å²) in [5.41, 5.74) is 6.79. The Morgan fingerprint density at radius 1 is 1.29 bits per heavy atom. The average molecular weight is 231 g/mol. The second-order valence-electron chi connectivity index (χ2n) is 4.40. The fourth-order valence-electron chi connectivity index (χ4n) is 2.53. The first-order valence-electron chi connectivity index (χ1n) is 5.68. The molecular weight excluding hydrogens is 218 g/mol. The van der Waals surface area contributed by atoms with Gasteiger partial charge in [0.2, 0.25) is 0 Å². The molecule has 0 spiro atoms. The number of imide groups is 1. The van der Waals surface area contributed by atoms with Gasteiger partial charge in [-0.05, 0) is 31.0 Å². The maximum atomic E-state index is 12.1. The molecule has 5 heteroatoms. The van der Waals surface area contributed by atoms with Crippen LogP contribution in [0.3, 0.4) is 0 Å². The van der Waals surface area contributed by atoms with E-state index in [0.717, 1.165) is 12.8 Å². The lowest BCUT2D eigenvalue weighted by molar-refractivity contribution is -0.119. The topological polar surface area (TPSA) is 66.6 Å². The first kappa shape index (κ1) is 10.1. The molecule has 2 aliphatic heterocycles. The van der Waals surface area contributed by atoms with Gasteiger partial charge in [-0.15, -0.1) is 0 Å². The van der Waals surface area contributed by atoms with Crippen molar-refractivity contribution >= 4 is 23.3 Å². The Kier molecular flexibility index (Phi) is 2.07. The van der Waals surface area contributed by atoms with Crippen LogP contribution in [0.2, 0.25) is 0 Å². The molecule has 1 aromatic carbocycles. The van der Waals surface area contributed by atoms with Crippen molar-refractivity contribution in [1.29, 1.82) is 0 Å². The molecule has 2 fully saturated rings. The average Bonchev–Trinajstić information content (AvgIpc) is 2.84. The van der Waals surface area contributed by atoms with Crippen molar-refractivity contribution in [3.05, 3.63) is 24.3 Å². The standard InChI is InChI=1S/C12H13N3O2/c13-8-3-1-4-9(7-8)15-11(16)10-5-2-6-14(10)12(15)17/h1,3-4,7,10H,2,5-6,13H2/t10-/m1/s1. The monoisotopic (exact) mass is 231 g/mol. The smallest absolute Gasteiger partial charge is 0.332 e. The van der Waals surface area contributed by atoms with Crippen molar-refractivity contribution in [2.24, 2.45) is 0 Å². The summed E-state index contributed by atoms with van der Waals surface area (Å²) in [4.78, 5) is 27.1. The quantitative estimate of drug-likeness (QED) is 0.583. The van der Waals surface area contributed by atoms with E-state index >= 15 is 0 Å². The molecule has 5 nitrogen and oxygen atoms in total. The van der Waals surface area contributed by atoms with E-state index < -0.39 is 0 Å². The molecule has 3 rings (SSSR count). The van der Waals surface area contributed by atoms with Crippen molar-refractivity contribution in [3.63, 3.8) is 0 Å². The Hall–Kier alpha value is -2.04. The van der Waals surface area contributed by atoms with Gasteiger partial charge in [0, 0.05) is 12.2 Å². The number of carbonyl (C=O) groups excluding carboxylic acids is 2. The van der Waals surface area contributed by atoms with Crippen LogP contribution in [0.5, 0.6) is 0 Å². The van der Waals surface area contributed by atoms with Gasteiger partial charge in [0.15, 0.2) is 0 Å². The van der Waals surface area contributed by atoms with Crippen LogP contribution in [0.25, 0.3) is 0 Å². The minimum absolute atomic E-state index is 0.127. The molecule has 0 aliphatic carbocycles. The van der Waals surface area contributed by atoms with Gasteiger partial charge in [0.05, 0.1) is 5.69 Å². The molecule has 2 aliphatic rings. The molecule has 2 N–H and O–H groups in total. The minimum Gasteiger partial charge on any atom is -0.399 e. The second kappa shape index (κ2) is 3.48. The number of hydrogen-bond acceptors (Lipinski definition) is 3. The molecule has 0 aromatic heterocycles. The summed E-state index contributed by atoms with van der Waals surface area (Å²) >= 11 is 0. The molecule has 2 heterocycles. The van der Waals surface area contributed by atoms with Crippen LogP contribution in [-0.2, 0) is 4.79 Å². The maximum Gasteiger partial charge on any atom is 0.332 e. The second-order valence-corrected chi connectivity index (χ2v) is 4.40. The van der Waals surface area contributed by atoms with Crippen LogP contribution in [0, 0.1) is 0 Å². The summed E-state index contributed by atoms with van der Waals surface area (Å²) in [6.45, 7) is 0.675. The van der Waals surface area contributed by atoms with Gasteiger partial charge in [0.1, 0.15) is 6.04 Å². The lowest BCUT2D eigenvalue weighted by atomic mass is 10.2. The number of amides is 3. The zero-order valence-corrected chi connectivity index (χ0v) is 9.30. The van der Waals surface area contributed by atoms with E-state index in [-0.39, 0.29) is 18.0 Å². The first-order chi connectivity index (χ1) is 8.18. The van der Waals surface area contributed by atoms with E-state index in [1.807, 2.05) is 0 Å². The highest BCUT2D eigenvalue weighted by molar-refractivity contribution is 6.21. The van der Waals surface area contributed by atoms with Gasteiger partial charge < -0.3 is 10.6 Å². The number of nitrogens with zero attached hydrogens (tertiary/aromatic N) is 2. The van der Waals surface area contributed by atoms with Crippen LogP contribution in [-0.4, -0.2) is 29.4 Å². The van der Waals surface area contributed by atoms with Crippen molar-refractivity contribution in [2.75, 3.05) is 17.2 Å². The van der Waals surface area contributed by atoms with Crippen molar-refractivity contribution in [2.45, 2.75) is 18.9 Å². The van der Waals surface area contributed by atoms with Gasteiger partial charge in [-0.25, -0.2) is 9.69 Å².